The van der Waals surface area contributed by atoms with Crippen LogP contribution in [0.15, 0.2) is 56.9 Å². The Bertz CT molecular complexity index is 944. The summed E-state index contributed by atoms with van der Waals surface area (Å²) in [5.41, 5.74) is 3.93. The molecule has 0 aliphatic carbocycles. The van der Waals surface area contributed by atoms with Crippen molar-refractivity contribution in [3.05, 3.63) is 58.1 Å². The summed E-state index contributed by atoms with van der Waals surface area (Å²) in [6, 6.07) is 11.8. The first-order chi connectivity index (χ1) is 12.7. The minimum atomic E-state index is -3.75. The van der Waals surface area contributed by atoms with Crippen LogP contribution in [0.5, 0.6) is 5.75 Å². The first-order valence-corrected chi connectivity index (χ1v) is 10.2. The van der Waals surface area contributed by atoms with Crippen molar-refractivity contribution in [2.75, 3.05) is 20.7 Å². The fourth-order valence-corrected chi connectivity index (χ4v) is 3.70. The quantitative estimate of drug-likeness (QED) is 0.515. The summed E-state index contributed by atoms with van der Waals surface area (Å²) < 4.78 is 32.0. The summed E-state index contributed by atoms with van der Waals surface area (Å²) in [4.78, 5) is 12.2. The molecule has 0 aromatic heterocycles. The van der Waals surface area contributed by atoms with E-state index in [9.17, 15) is 13.2 Å². The summed E-state index contributed by atoms with van der Waals surface area (Å²) in [5, 5.41) is 3.86. The second-order valence-corrected chi connectivity index (χ2v) is 8.71. The van der Waals surface area contributed by atoms with Gasteiger partial charge in [-0.15, -0.1) is 0 Å². The maximum absolute atomic E-state index is 12.5. The van der Waals surface area contributed by atoms with Gasteiger partial charge in [0.25, 0.3) is 5.91 Å². The van der Waals surface area contributed by atoms with E-state index in [0.29, 0.717) is 11.3 Å². The molecule has 0 aliphatic heterocycles. The molecule has 0 atom stereocenters. The number of nitrogens with zero attached hydrogens (tertiary/aromatic N) is 2. The van der Waals surface area contributed by atoms with Crippen molar-refractivity contribution in [2.24, 2.45) is 5.10 Å². The van der Waals surface area contributed by atoms with E-state index in [1.54, 1.807) is 24.3 Å². The molecule has 0 saturated carbocycles. The number of rotatable bonds is 7. The second kappa shape index (κ2) is 9.12. The zero-order valence-corrected chi connectivity index (χ0v) is 17.5. The van der Waals surface area contributed by atoms with E-state index >= 15 is 0 Å². The van der Waals surface area contributed by atoms with E-state index in [-0.39, 0.29) is 11.4 Å². The molecule has 0 unspecified atom stereocenters. The number of hydrogen-bond donors (Lipinski definition) is 1. The van der Waals surface area contributed by atoms with Crippen LogP contribution in [0.25, 0.3) is 0 Å². The van der Waals surface area contributed by atoms with Crippen LogP contribution in [0, 0.1) is 6.92 Å². The lowest BCUT2D eigenvalue weighted by atomic mass is 10.2. The molecule has 0 spiro atoms. The molecular formula is C18H20BrN3O4S. The molecule has 144 valence electrons. The zero-order chi connectivity index (χ0) is 20.0. The Morgan fingerprint density at radius 1 is 1.26 bits per heavy atom. The van der Waals surface area contributed by atoms with Gasteiger partial charge in [0, 0.05) is 17.1 Å². The zero-order valence-electron chi connectivity index (χ0n) is 15.1. The van der Waals surface area contributed by atoms with Crippen molar-refractivity contribution in [1.82, 2.24) is 9.73 Å². The number of hydrogen-bond acceptors (Lipinski definition) is 5. The molecule has 0 bridgehead atoms. The van der Waals surface area contributed by atoms with Crippen molar-refractivity contribution in [1.29, 1.82) is 0 Å². The first kappa shape index (κ1) is 21.1. The van der Waals surface area contributed by atoms with Crippen molar-refractivity contribution >= 4 is 38.1 Å². The van der Waals surface area contributed by atoms with Crippen LogP contribution < -0.4 is 10.2 Å². The van der Waals surface area contributed by atoms with Gasteiger partial charge in [-0.1, -0.05) is 33.6 Å². The average Bonchev–Trinajstić information content (AvgIpc) is 2.62. The normalized spacial score (nSPS) is 11.7. The summed E-state index contributed by atoms with van der Waals surface area (Å²) in [6.07, 6.45) is 1.43. The highest BCUT2D eigenvalue weighted by Gasteiger charge is 2.22. The molecule has 0 saturated heterocycles. The van der Waals surface area contributed by atoms with Gasteiger partial charge in [0.05, 0.1) is 24.8 Å². The van der Waals surface area contributed by atoms with Crippen molar-refractivity contribution in [2.45, 2.75) is 11.8 Å². The largest absolute Gasteiger partial charge is 0.496 e. The molecular weight excluding hydrogens is 434 g/mol. The maximum Gasteiger partial charge on any atom is 0.255 e. The highest BCUT2D eigenvalue weighted by Crippen LogP contribution is 2.21. The number of benzene rings is 2. The summed E-state index contributed by atoms with van der Waals surface area (Å²) in [5.74, 6) is 0.0358. The molecule has 0 heterocycles. The summed E-state index contributed by atoms with van der Waals surface area (Å²) >= 11 is 3.35. The monoisotopic (exact) mass is 453 g/mol. The topological polar surface area (TPSA) is 88.1 Å². The number of aryl methyl sites for hydroxylation is 1. The van der Waals surface area contributed by atoms with E-state index in [1.165, 1.54) is 32.5 Å². The van der Waals surface area contributed by atoms with Crippen LogP contribution in [0.4, 0.5) is 0 Å². The van der Waals surface area contributed by atoms with Gasteiger partial charge >= 0.3 is 0 Å². The lowest BCUT2D eigenvalue weighted by Crippen LogP contribution is -2.36. The lowest BCUT2D eigenvalue weighted by molar-refractivity contribution is -0.121. The Labute approximate surface area is 167 Å². The SMILES string of the molecule is COc1ccc(Br)cc1/C=N/NC(=O)CN(C)S(=O)(=O)c1ccc(C)cc1. The van der Waals surface area contributed by atoms with Gasteiger partial charge in [0.1, 0.15) is 5.75 Å². The highest BCUT2D eigenvalue weighted by molar-refractivity contribution is 9.10. The molecule has 1 N–H and O–H groups in total. The average molecular weight is 454 g/mol. The van der Waals surface area contributed by atoms with Crippen LogP contribution >= 0.6 is 15.9 Å². The molecule has 27 heavy (non-hydrogen) atoms. The minimum Gasteiger partial charge on any atom is -0.496 e. The number of methoxy groups -OCH3 is 1. The van der Waals surface area contributed by atoms with Gasteiger partial charge < -0.3 is 4.74 Å². The van der Waals surface area contributed by atoms with Crippen molar-refractivity contribution < 1.29 is 17.9 Å². The molecule has 7 nitrogen and oxygen atoms in total. The van der Waals surface area contributed by atoms with Gasteiger partial charge in [-0.3, -0.25) is 4.79 Å². The molecule has 9 heteroatoms. The number of sulfonamides is 1. The minimum absolute atomic E-state index is 0.130. The van der Waals surface area contributed by atoms with E-state index in [1.807, 2.05) is 13.0 Å². The van der Waals surface area contributed by atoms with Crippen LogP contribution in [-0.4, -0.2) is 45.5 Å². The van der Waals surface area contributed by atoms with E-state index in [0.717, 1.165) is 14.3 Å². The van der Waals surface area contributed by atoms with E-state index in [4.69, 9.17) is 4.74 Å². The van der Waals surface area contributed by atoms with Gasteiger partial charge in [0.15, 0.2) is 0 Å². The van der Waals surface area contributed by atoms with Gasteiger partial charge in [-0.05, 0) is 37.3 Å². The van der Waals surface area contributed by atoms with Crippen molar-refractivity contribution in [3.63, 3.8) is 0 Å². The summed E-state index contributed by atoms with van der Waals surface area (Å²) in [6.45, 7) is 1.51. The van der Waals surface area contributed by atoms with Gasteiger partial charge in [-0.2, -0.15) is 9.41 Å². The smallest absolute Gasteiger partial charge is 0.255 e. The van der Waals surface area contributed by atoms with Crippen LogP contribution in [0.2, 0.25) is 0 Å². The molecule has 2 aromatic carbocycles. The second-order valence-electron chi connectivity index (χ2n) is 5.75. The number of ether oxygens (including phenoxy) is 1. The lowest BCUT2D eigenvalue weighted by Gasteiger charge is -2.16. The molecule has 0 aliphatic rings. The fraction of sp³-hybridized carbons (Fsp3) is 0.222. The van der Waals surface area contributed by atoms with E-state index in [2.05, 4.69) is 26.5 Å². The molecule has 0 fully saturated rings. The van der Waals surface area contributed by atoms with Crippen molar-refractivity contribution in [3.8, 4) is 5.75 Å². The molecule has 0 radical (unpaired) electrons. The van der Waals surface area contributed by atoms with Gasteiger partial charge in [-0.25, -0.2) is 13.8 Å². The molecule has 2 rings (SSSR count). The third kappa shape index (κ3) is 5.62. The Hall–Kier alpha value is -2.23. The van der Waals surface area contributed by atoms with Crippen LogP contribution in [0.3, 0.4) is 0 Å². The van der Waals surface area contributed by atoms with Gasteiger partial charge in [0.2, 0.25) is 10.0 Å². The predicted octanol–water partition coefficient (Wildman–Crippen LogP) is 2.54. The van der Waals surface area contributed by atoms with E-state index < -0.39 is 15.9 Å². The number of halogens is 1. The fourth-order valence-electron chi connectivity index (χ4n) is 2.19. The number of likely N-dealkylation sites (N-methyl/N-ethyl adjacent to an activating group) is 1. The third-order valence-electron chi connectivity index (χ3n) is 3.68. The predicted molar refractivity (Wildman–Crippen MR) is 107 cm³/mol. The third-order valence-corrected chi connectivity index (χ3v) is 5.99. The number of nitrogens with one attached hydrogen (secondary N) is 1. The Balaban J connectivity index is 2.01. The Morgan fingerprint density at radius 2 is 1.93 bits per heavy atom. The Morgan fingerprint density at radius 3 is 2.56 bits per heavy atom. The highest BCUT2D eigenvalue weighted by atomic mass is 79.9. The standard InChI is InChI=1S/C18H20BrN3O4S/c1-13-4-7-16(8-5-13)27(24,25)22(2)12-18(23)21-20-11-14-10-15(19)6-9-17(14)26-3/h4-11H,12H2,1-3H3,(H,21,23)/b20-11+. The van der Waals surface area contributed by atoms with Crippen LogP contribution in [-0.2, 0) is 14.8 Å². The molecule has 1 amide bonds. The van der Waals surface area contributed by atoms with Crippen LogP contribution in [0.1, 0.15) is 11.1 Å². The first-order valence-electron chi connectivity index (χ1n) is 7.92. The Kier molecular flexibility index (Phi) is 7.11. The number of carbonyl (C=O) groups excluding carboxylic acids is 1. The summed E-state index contributed by atoms with van der Waals surface area (Å²) in [7, 11) is -0.875. The number of amides is 1. The maximum atomic E-state index is 12.5. The number of hydrazone groups is 1. The molecule has 2 aromatic rings. The number of carbonyl (C=O) groups is 1.